The van der Waals surface area contributed by atoms with Crippen LogP contribution in [-0.2, 0) is 7.05 Å². The van der Waals surface area contributed by atoms with Gasteiger partial charge in [0.15, 0.2) is 11.5 Å². The maximum absolute atomic E-state index is 14.4. The van der Waals surface area contributed by atoms with Crippen LogP contribution in [0.15, 0.2) is 36.8 Å². The summed E-state index contributed by atoms with van der Waals surface area (Å²) in [6, 6.07) is 5.54. The van der Waals surface area contributed by atoms with E-state index in [1.165, 1.54) is 6.07 Å². The molecule has 1 amide bonds. The fourth-order valence-electron chi connectivity index (χ4n) is 4.38. The molecular weight excluding hydrogens is 383 g/mol. The first kappa shape index (κ1) is 18.6. The third-order valence-corrected chi connectivity index (χ3v) is 5.76. The first-order valence-corrected chi connectivity index (χ1v) is 10.1. The Bertz CT molecular complexity index is 1290. The summed E-state index contributed by atoms with van der Waals surface area (Å²) < 4.78 is 17.7. The summed E-state index contributed by atoms with van der Waals surface area (Å²) in [4.78, 5) is 19.6. The maximum atomic E-state index is 14.4. The van der Waals surface area contributed by atoms with E-state index < -0.39 is 5.82 Å². The van der Waals surface area contributed by atoms with Crippen LogP contribution in [-0.4, -0.2) is 37.7 Å². The van der Waals surface area contributed by atoms with Crippen molar-refractivity contribution in [3.05, 3.63) is 53.9 Å². The molecule has 1 aliphatic rings. The topological polar surface area (TPSA) is 67.5 Å². The smallest absolute Gasteiger partial charge is 0.257 e. The lowest BCUT2D eigenvalue weighted by atomic mass is 10.1. The number of aryl methyl sites for hydroxylation is 2. The van der Waals surface area contributed by atoms with Gasteiger partial charge < -0.3 is 14.6 Å². The molecule has 1 unspecified atom stereocenters. The van der Waals surface area contributed by atoms with Crippen LogP contribution < -0.4 is 10.2 Å². The second-order valence-corrected chi connectivity index (χ2v) is 8.03. The van der Waals surface area contributed by atoms with Crippen molar-refractivity contribution >= 4 is 33.8 Å². The van der Waals surface area contributed by atoms with E-state index in [4.69, 9.17) is 0 Å². The molecule has 1 atom stereocenters. The number of anilines is 2. The Morgan fingerprint density at radius 2 is 2.10 bits per heavy atom. The molecule has 0 radical (unpaired) electrons. The lowest BCUT2D eigenvalue weighted by Gasteiger charge is -2.24. The van der Waals surface area contributed by atoms with Gasteiger partial charge in [0.25, 0.3) is 5.91 Å². The van der Waals surface area contributed by atoms with E-state index in [0.29, 0.717) is 28.5 Å². The molecule has 0 bridgehead atoms. The van der Waals surface area contributed by atoms with E-state index in [0.717, 1.165) is 30.5 Å². The summed E-state index contributed by atoms with van der Waals surface area (Å²) >= 11 is 0. The van der Waals surface area contributed by atoms with Crippen LogP contribution in [0.3, 0.4) is 0 Å². The van der Waals surface area contributed by atoms with Crippen LogP contribution >= 0.6 is 0 Å². The highest BCUT2D eigenvalue weighted by Gasteiger charge is 2.25. The second-order valence-electron chi connectivity index (χ2n) is 8.03. The number of imidazole rings is 1. The van der Waals surface area contributed by atoms with Crippen LogP contribution in [0.5, 0.6) is 0 Å². The number of carbonyl (C=O) groups excluding carboxylic acids is 1. The van der Waals surface area contributed by atoms with Gasteiger partial charge in [-0.3, -0.25) is 9.48 Å². The molecule has 1 saturated heterocycles. The molecule has 3 aromatic heterocycles. The van der Waals surface area contributed by atoms with Gasteiger partial charge in [0.1, 0.15) is 5.52 Å². The minimum Gasteiger partial charge on any atom is -0.368 e. The van der Waals surface area contributed by atoms with E-state index in [-0.39, 0.29) is 11.6 Å². The number of benzene rings is 1. The minimum atomic E-state index is -0.484. The Morgan fingerprint density at radius 3 is 2.87 bits per heavy atom. The first-order valence-electron chi connectivity index (χ1n) is 10.1. The number of fused-ring (bicyclic) bond motifs is 2. The molecule has 30 heavy (non-hydrogen) atoms. The fourth-order valence-corrected chi connectivity index (χ4v) is 4.38. The van der Waals surface area contributed by atoms with Gasteiger partial charge in [-0.1, -0.05) is 0 Å². The Morgan fingerprint density at radius 1 is 1.27 bits per heavy atom. The fraction of sp³-hybridized carbons (Fsp3) is 0.318. The minimum absolute atomic E-state index is 0.238. The number of aromatic nitrogens is 4. The number of nitrogens with zero attached hydrogens (tertiary/aromatic N) is 5. The van der Waals surface area contributed by atoms with Crippen molar-refractivity contribution in [2.45, 2.75) is 32.7 Å². The number of nitrogens with one attached hydrogen (secondary N) is 1. The molecule has 8 heteroatoms. The molecule has 154 valence electrons. The quantitative estimate of drug-likeness (QED) is 0.560. The van der Waals surface area contributed by atoms with E-state index in [1.807, 2.05) is 19.3 Å². The van der Waals surface area contributed by atoms with Crippen molar-refractivity contribution in [3.8, 4) is 0 Å². The zero-order valence-electron chi connectivity index (χ0n) is 17.2. The van der Waals surface area contributed by atoms with Gasteiger partial charge >= 0.3 is 0 Å². The van der Waals surface area contributed by atoms with Crippen molar-refractivity contribution in [1.29, 1.82) is 0 Å². The zero-order valence-corrected chi connectivity index (χ0v) is 17.2. The number of pyridine rings is 1. The van der Waals surface area contributed by atoms with Crippen LogP contribution in [0.1, 0.15) is 35.8 Å². The van der Waals surface area contributed by atoms with Gasteiger partial charge in [0.05, 0.1) is 16.9 Å². The molecule has 1 fully saturated rings. The van der Waals surface area contributed by atoms with Gasteiger partial charge in [-0.05, 0) is 38.8 Å². The lowest BCUT2D eigenvalue weighted by molar-refractivity contribution is 0.102. The Labute approximate surface area is 173 Å². The molecule has 5 rings (SSSR count). The van der Waals surface area contributed by atoms with Crippen LogP contribution in [0.2, 0.25) is 0 Å². The summed E-state index contributed by atoms with van der Waals surface area (Å²) in [5.41, 5.74) is 3.51. The van der Waals surface area contributed by atoms with Crippen LogP contribution in [0.25, 0.3) is 16.6 Å². The normalized spacial score (nSPS) is 16.7. The molecule has 4 aromatic rings. The summed E-state index contributed by atoms with van der Waals surface area (Å²) in [6.07, 6.45) is 7.65. The van der Waals surface area contributed by atoms with E-state index in [2.05, 4.69) is 27.2 Å². The largest absolute Gasteiger partial charge is 0.368 e. The molecule has 1 aromatic carbocycles. The van der Waals surface area contributed by atoms with Gasteiger partial charge in [0.2, 0.25) is 0 Å². The average Bonchev–Trinajstić information content (AvgIpc) is 3.38. The molecule has 1 aliphatic heterocycles. The summed E-state index contributed by atoms with van der Waals surface area (Å²) in [5.74, 6) is -0.808. The number of hydrogen-bond acceptors (Lipinski definition) is 4. The van der Waals surface area contributed by atoms with E-state index in [9.17, 15) is 9.18 Å². The SMILES string of the molecule is Cc1cn2cc(NC(=O)c3ccc(N4CCCC4C)c4cn(C)nc34)cc(F)c2n1. The predicted molar refractivity (Wildman–Crippen MR) is 115 cm³/mol. The molecule has 4 heterocycles. The maximum Gasteiger partial charge on any atom is 0.257 e. The van der Waals surface area contributed by atoms with Crippen molar-refractivity contribution in [2.24, 2.45) is 7.05 Å². The molecule has 1 N–H and O–H groups in total. The molecule has 0 aliphatic carbocycles. The number of rotatable bonds is 3. The second kappa shape index (κ2) is 6.83. The highest BCUT2D eigenvalue weighted by atomic mass is 19.1. The molecule has 0 saturated carbocycles. The predicted octanol–water partition coefficient (Wildman–Crippen LogP) is 3.91. The third kappa shape index (κ3) is 2.99. The summed E-state index contributed by atoms with van der Waals surface area (Å²) in [7, 11) is 1.85. The summed E-state index contributed by atoms with van der Waals surface area (Å²) in [6.45, 7) is 5.02. The van der Waals surface area contributed by atoms with Gasteiger partial charge in [-0.25, -0.2) is 9.37 Å². The van der Waals surface area contributed by atoms with Crippen molar-refractivity contribution < 1.29 is 9.18 Å². The molecule has 0 spiro atoms. The Hall–Kier alpha value is -3.42. The van der Waals surface area contributed by atoms with Gasteiger partial charge in [-0.15, -0.1) is 0 Å². The third-order valence-electron chi connectivity index (χ3n) is 5.76. The summed E-state index contributed by atoms with van der Waals surface area (Å²) in [5, 5.41) is 8.30. The highest BCUT2D eigenvalue weighted by molar-refractivity contribution is 6.13. The molecule has 7 nitrogen and oxygen atoms in total. The molecular formula is C22H23FN6O. The average molecular weight is 406 g/mol. The monoisotopic (exact) mass is 406 g/mol. The number of carbonyl (C=O) groups is 1. The van der Waals surface area contributed by atoms with E-state index in [1.54, 1.807) is 34.5 Å². The van der Waals surface area contributed by atoms with E-state index >= 15 is 0 Å². The Balaban J connectivity index is 1.52. The standard InChI is InChI=1S/C22H23FN6O/c1-13-10-28-11-15(9-18(23)21(28)24-13)25-22(30)16-6-7-19(29-8-4-5-14(29)2)17-12-27(3)26-20(16)17/h6-7,9-12,14H,4-5,8H2,1-3H3,(H,25,30). The highest BCUT2D eigenvalue weighted by Crippen LogP contribution is 2.33. The van der Waals surface area contributed by atoms with Crippen molar-refractivity contribution in [1.82, 2.24) is 19.2 Å². The Kier molecular flexibility index (Phi) is 4.23. The number of halogens is 1. The van der Waals surface area contributed by atoms with Crippen molar-refractivity contribution in [3.63, 3.8) is 0 Å². The first-order chi connectivity index (χ1) is 14.4. The zero-order chi connectivity index (χ0) is 21.0. The number of hydrogen-bond donors (Lipinski definition) is 1. The van der Waals surface area contributed by atoms with Crippen molar-refractivity contribution in [2.75, 3.05) is 16.8 Å². The van der Waals surface area contributed by atoms with Gasteiger partial charge in [0, 0.05) is 55.4 Å². The lowest BCUT2D eigenvalue weighted by Crippen LogP contribution is -2.26. The van der Waals surface area contributed by atoms with Gasteiger partial charge in [-0.2, -0.15) is 5.10 Å². The van der Waals surface area contributed by atoms with Crippen LogP contribution in [0.4, 0.5) is 15.8 Å². The number of amides is 1. The van der Waals surface area contributed by atoms with Crippen LogP contribution in [0, 0.1) is 12.7 Å².